The van der Waals surface area contributed by atoms with Gasteiger partial charge in [-0.25, -0.2) is 9.48 Å². The minimum atomic E-state index is -0.205. The quantitative estimate of drug-likeness (QED) is 0.333. The minimum Gasteiger partial charge on any atom is -0.325 e. The molecule has 0 saturated heterocycles. The SMILES string of the molecule is CCn1c(SCC(=O)Nc2cccc(Cn3nc4ccccn4c3=O)c2)nnc1-c1cccs1. The zero-order valence-electron chi connectivity index (χ0n) is 18.3. The van der Waals surface area contributed by atoms with Crippen LogP contribution in [0.15, 0.2) is 76.1 Å². The molecule has 0 unspecified atom stereocenters. The highest BCUT2D eigenvalue weighted by molar-refractivity contribution is 7.99. The van der Waals surface area contributed by atoms with Crippen LogP contribution in [0.3, 0.4) is 0 Å². The number of amides is 1. The molecule has 0 aliphatic carbocycles. The molecule has 34 heavy (non-hydrogen) atoms. The number of benzene rings is 1. The Bertz CT molecular complexity index is 1500. The minimum absolute atomic E-state index is 0.143. The zero-order valence-corrected chi connectivity index (χ0v) is 19.9. The number of thiophene rings is 1. The number of fused-ring (bicyclic) bond motifs is 1. The second-order valence-electron chi connectivity index (χ2n) is 7.43. The molecule has 0 spiro atoms. The molecule has 0 atom stereocenters. The Labute approximate surface area is 203 Å². The standard InChI is InChI=1S/C23H21N7O2S2/c1-2-28-21(18-9-6-12-33-18)25-26-22(28)34-15-20(31)24-17-8-5-7-16(13-17)14-30-23(32)29-11-4-3-10-19(29)27-30/h3-13H,2,14-15H2,1H3,(H,24,31). The number of thioether (sulfide) groups is 1. The molecule has 1 N–H and O–H groups in total. The second-order valence-corrected chi connectivity index (χ2v) is 9.32. The van der Waals surface area contributed by atoms with E-state index < -0.39 is 0 Å². The molecule has 1 aromatic carbocycles. The molecular formula is C23H21N7O2S2. The summed E-state index contributed by atoms with van der Waals surface area (Å²) in [6, 6.07) is 16.8. The van der Waals surface area contributed by atoms with Crippen molar-refractivity contribution >= 4 is 40.3 Å². The van der Waals surface area contributed by atoms with E-state index in [0.29, 0.717) is 29.6 Å². The number of carbonyl (C=O) groups excluding carboxylic acids is 1. The van der Waals surface area contributed by atoms with E-state index in [1.165, 1.54) is 20.8 Å². The summed E-state index contributed by atoms with van der Waals surface area (Å²) >= 11 is 2.96. The van der Waals surface area contributed by atoms with Crippen LogP contribution < -0.4 is 11.0 Å². The van der Waals surface area contributed by atoms with Gasteiger partial charge in [0.2, 0.25) is 5.91 Å². The van der Waals surface area contributed by atoms with Gasteiger partial charge in [-0.2, -0.15) is 0 Å². The van der Waals surface area contributed by atoms with Crippen LogP contribution in [0, 0.1) is 0 Å². The third kappa shape index (κ3) is 4.52. The molecule has 0 aliphatic heterocycles. The summed E-state index contributed by atoms with van der Waals surface area (Å²) in [7, 11) is 0. The Morgan fingerprint density at radius 2 is 2.03 bits per heavy atom. The number of nitrogens with one attached hydrogen (secondary N) is 1. The van der Waals surface area contributed by atoms with E-state index in [0.717, 1.165) is 16.3 Å². The summed E-state index contributed by atoms with van der Waals surface area (Å²) < 4.78 is 4.92. The lowest BCUT2D eigenvalue weighted by atomic mass is 10.2. The van der Waals surface area contributed by atoms with E-state index in [1.54, 1.807) is 29.7 Å². The molecule has 172 valence electrons. The number of hydrogen-bond acceptors (Lipinski definition) is 7. The van der Waals surface area contributed by atoms with Gasteiger partial charge in [-0.1, -0.05) is 36.0 Å². The zero-order chi connectivity index (χ0) is 23.5. The summed E-state index contributed by atoms with van der Waals surface area (Å²) in [6.07, 6.45) is 1.69. The highest BCUT2D eigenvalue weighted by atomic mass is 32.2. The first kappa shape index (κ1) is 22.1. The van der Waals surface area contributed by atoms with Gasteiger partial charge in [0.05, 0.1) is 17.2 Å². The summed E-state index contributed by atoms with van der Waals surface area (Å²) in [5, 5.41) is 18.6. The van der Waals surface area contributed by atoms with E-state index in [-0.39, 0.29) is 17.3 Å². The predicted octanol–water partition coefficient (Wildman–Crippen LogP) is 3.62. The number of pyridine rings is 1. The van der Waals surface area contributed by atoms with Crippen molar-refractivity contribution in [1.82, 2.24) is 28.9 Å². The number of anilines is 1. The Morgan fingerprint density at radius 3 is 2.82 bits per heavy atom. The van der Waals surface area contributed by atoms with Crippen LogP contribution >= 0.6 is 23.1 Å². The van der Waals surface area contributed by atoms with Crippen molar-refractivity contribution in [2.24, 2.45) is 0 Å². The fraction of sp³-hybridized carbons (Fsp3) is 0.174. The molecule has 4 aromatic heterocycles. The topological polar surface area (TPSA) is 99.1 Å². The van der Waals surface area contributed by atoms with E-state index in [1.807, 2.05) is 59.3 Å². The third-order valence-corrected chi connectivity index (χ3v) is 6.97. The molecule has 5 aromatic rings. The fourth-order valence-corrected chi connectivity index (χ4v) is 5.11. The molecule has 1 amide bonds. The van der Waals surface area contributed by atoms with Crippen LogP contribution in [0.5, 0.6) is 0 Å². The summed E-state index contributed by atoms with van der Waals surface area (Å²) in [4.78, 5) is 26.2. The number of carbonyl (C=O) groups is 1. The maximum absolute atomic E-state index is 12.6. The molecule has 0 fully saturated rings. The van der Waals surface area contributed by atoms with E-state index in [2.05, 4.69) is 20.6 Å². The maximum Gasteiger partial charge on any atom is 0.350 e. The van der Waals surface area contributed by atoms with Gasteiger partial charge in [0.25, 0.3) is 0 Å². The van der Waals surface area contributed by atoms with Crippen molar-refractivity contribution < 1.29 is 4.79 Å². The Kier molecular flexibility index (Phi) is 6.28. The monoisotopic (exact) mass is 491 g/mol. The van der Waals surface area contributed by atoms with Gasteiger partial charge in [0.15, 0.2) is 16.6 Å². The van der Waals surface area contributed by atoms with Gasteiger partial charge in [-0.15, -0.1) is 26.6 Å². The van der Waals surface area contributed by atoms with Crippen LogP contribution in [0.4, 0.5) is 5.69 Å². The Morgan fingerprint density at radius 1 is 1.12 bits per heavy atom. The summed E-state index contributed by atoms with van der Waals surface area (Å²) in [5.74, 6) is 0.879. The van der Waals surface area contributed by atoms with E-state index in [9.17, 15) is 9.59 Å². The molecular weight excluding hydrogens is 470 g/mol. The lowest BCUT2D eigenvalue weighted by Gasteiger charge is -2.08. The van der Waals surface area contributed by atoms with Gasteiger partial charge in [0.1, 0.15) is 0 Å². The fourth-order valence-electron chi connectivity index (χ4n) is 3.59. The molecule has 0 bridgehead atoms. The van der Waals surface area contributed by atoms with Crippen LogP contribution in [0.1, 0.15) is 12.5 Å². The highest BCUT2D eigenvalue weighted by Gasteiger charge is 2.15. The average Bonchev–Trinajstić information content (AvgIpc) is 3.57. The summed E-state index contributed by atoms with van der Waals surface area (Å²) in [6.45, 7) is 3.06. The van der Waals surface area contributed by atoms with Crippen molar-refractivity contribution in [3.63, 3.8) is 0 Å². The number of rotatable bonds is 8. The molecule has 0 aliphatic rings. The first-order valence-electron chi connectivity index (χ1n) is 10.6. The van der Waals surface area contributed by atoms with Gasteiger partial charge in [-0.05, 0) is 48.2 Å². The largest absolute Gasteiger partial charge is 0.350 e. The van der Waals surface area contributed by atoms with Gasteiger partial charge >= 0.3 is 5.69 Å². The van der Waals surface area contributed by atoms with Crippen molar-refractivity contribution in [2.45, 2.75) is 25.2 Å². The third-order valence-electron chi connectivity index (χ3n) is 5.14. The number of aromatic nitrogens is 6. The molecule has 4 heterocycles. The molecule has 0 saturated carbocycles. The summed E-state index contributed by atoms with van der Waals surface area (Å²) in [5.41, 5.74) is 1.91. The molecule has 9 nitrogen and oxygen atoms in total. The molecule has 5 rings (SSSR count). The first-order valence-corrected chi connectivity index (χ1v) is 12.5. The van der Waals surface area contributed by atoms with Crippen molar-refractivity contribution in [1.29, 1.82) is 0 Å². The highest BCUT2D eigenvalue weighted by Crippen LogP contribution is 2.27. The van der Waals surface area contributed by atoms with Crippen molar-refractivity contribution in [3.8, 4) is 10.7 Å². The Balaban J connectivity index is 1.24. The second kappa shape index (κ2) is 9.65. The van der Waals surface area contributed by atoms with Gasteiger partial charge < -0.3 is 9.88 Å². The smallest absolute Gasteiger partial charge is 0.325 e. The molecule has 11 heteroatoms. The first-order chi connectivity index (χ1) is 16.6. The lowest BCUT2D eigenvalue weighted by molar-refractivity contribution is -0.113. The average molecular weight is 492 g/mol. The van der Waals surface area contributed by atoms with Crippen LogP contribution in [-0.2, 0) is 17.9 Å². The van der Waals surface area contributed by atoms with Crippen LogP contribution in [0.2, 0.25) is 0 Å². The van der Waals surface area contributed by atoms with Crippen molar-refractivity contribution in [3.05, 3.63) is 82.2 Å². The number of hydrogen-bond donors (Lipinski definition) is 1. The lowest BCUT2D eigenvalue weighted by Crippen LogP contribution is -2.21. The number of nitrogens with zero attached hydrogens (tertiary/aromatic N) is 6. The molecule has 0 radical (unpaired) electrons. The van der Waals surface area contributed by atoms with E-state index >= 15 is 0 Å². The van der Waals surface area contributed by atoms with Crippen molar-refractivity contribution in [2.75, 3.05) is 11.1 Å². The van der Waals surface area contributed by atoms with Gasteiger partial charge in [0, 0.05) is 18.4 Å². The van der Waals surface area contributed by atoms with Gasteiger partial charge in [-0.3, -0.25) is 9.20 Å². The van der Waals surface area contributed by atoms with Crippen LogP contribution in [-0.4, -0.2) is 40.6 Å². The van der Waals surface area contributed by atoms with Crippen LogP contribution in [0.25, 0.3) is 16.3 Å². The maximum atomic E-state index is 12.6. The normalized spacial score (nSPS) is 11.2. The Hall–Kier alpha value is -3.70. The predicted molar refractivity (Wildman–Crippen MR) is 133 cm³/mol. The van der Waals surface area contributed by atoms with E-state index in [4.69, 9.17) is 0 Å².